The van der Waals surface area contributed by atoms with Crippen molar-refractivity contribution < 1.29 is 5.11 Å². The van der Waals surface area contributed by atoms with E-state index in [1.807, 2.05) is 13.8 Å². The SMILES string of the molecule is CCC(C)(C#N)c1ccc(O)c(Br)c1. The zero-order valence-corrected chi connectivity index (χ0v) is 9.80. The molecule has 1 aromatic carbocycles. The van der Waals surface area contributed by atoms with E-state index in [1.165, 1.54) is 0 Å². The van der Waals surface area contributed by atoms with Crippen LogP contribution in [-0.2, 0) is 5.41 Å². The topological polar surface area (TPSA) is 44.0 Å². The lowest BCUT2D eigenvalue weighted by Crippen LogP contribution is -2.17. The number of benzene rings is 1. The van der Waals surface area contributed by atoms with E-state index in [0.29, 0.717) is 4.47 Å². The summed E-state index contributed by atoms with van der Waals surface area (Å²) in [5.74, 6) is 0.199. The Labute approximate surface area is 92.3 Å². The molecule has 1 atom stereocenters. The van der Waals surface area contributed by atoms with Gasteiger partial charge in [0.25, 0.3) is 0 Å². The number of hydrogen-bond acceptors (Lipinski definition) is 2. The van der Waals surface area contributed by atoms with Gasteiger partial charge in [-0.25, -0.2) is 0 Å². The minimum absolute atomic E-state index is 0.199. The fourth-order valence-corrected chi connectivity index (χ4v) is 1.58. The summed E-state index contributed by atoms with van der Waals surface area (Å²) >= 11 is 3.24. The molecule has 0 saturated carbocycles. The van der Waals surface area contributed by atoms with Crippen LogP contribution in [0.3, 0.4) is 0 Å². The number of aromatic hydroxyl groups is 1. The Kier molecular flexibility index (Phi) is 3.17. The summed E-state index contributed by atoms with van der Waals surface area (Å²) in [6, 6.07) is 7.47. The molecule has 0 radical (unpaired) electrons. The van der Waals surface area contributed by atoms with Crippen LogP contribution in [0.15, 0.2) is 22.7 Å². The normalized spacial score (nSPS) is 14.4. The maximum absolute atomic E-state index is 9.33. The monoisotopic (exact) mass is 253 g/mol. The van der Waals surface area contributed by atoms with E-state index < -0.39 is 5.41 Å². The second-order valence-corrected chi connectivity index (χ2v) is 4.32. The maximum atomic E-state index is 9.33. The minimum Gasteiger partial charge on any atom is -0.507 e. The highest BCUT2D eigenvalue weighted by molar-refractivity contribution is 9.10. The number of halogens is 1. The summed E-state index contributed by atoms with van der Waals surface area (Å²) < 4.78 is 0.630. The molecule has 1 unspecified atom stereocenters. The molecule has 0 fully saturated rings. The third-order valence-electron chi connectivity index (χ3n) is 2.54. The molecule has 0 aliphatic heterocycles. The molecule has 3 heteroatoms. The lowest BCUT2D eigenvalue weighted by molar-refractivity contribution is 0.470. The van der Waals surface area contributed by atoms with Gasteiger partial charge < -0.3 is 5.11 Å². The molecule has 1 aromatic rings. The lowest BCUT2D eigenvalue weighted by atomic mass is 9.82. The van der Waals surface area contributed by atoms with Crippen molar-refractivity contribution in [3.63, 3.8) is 0 Å². The van der Waals surface area contributed by atoms with Gasteiger partial charge in [-0.2, -0.15) is 5.26 Å². The van der Waals surface area contributed by atoms with Gasteiger partial charge in [-0.3, -0.25) is 0 Å². The Morgan fingerprint density at radius 1 is 1.57 bits per heavy atom. The van der Waals surface area contributed by atoms with Crippen molar-refractivity contribution in [1.29, 1.82) is 5.26 Å². The summed E-state index contributed by atoms with van der Waals surface area (Å²) in [5.41, 5.74) is 0.447. The Balaban J connectivity index is 3.21. The van der Waals surface area contributed by atoms with Crippen LogP contribution in [0.5, 0.6) is 5.75 Å². The Hall–Kier alpha value is -1.01. The van der Waals surface area contributed by atoms with Gasteiger partial charge in [-0.05, 0) is 47.0 Å². The average Bonchev–Trinajstić information content (AvgIpc) is 2.21. The van der Waals surface area contributed by atoms with Crippen molar-refractivity contribution in [1.82, 2.24) is 0 Å². The van der Waals surface area contributed by atoms with E-state index in [0.717, 1.165) is 12.0 Å². The predicted molar refractivity (Wildman–Crippen MR) is 59.1 cm³/mol. The van der Waals surface area contributed by atoms with E-state index >= 15 is 0 Å². The fraction of sp³-hybridized carbons (Fsp3) is 0.364. The largest absolute Gasteiger partial charge is 0.507 e. The van der Waals surface area contributed by atoms with Crippen LogP contribution in [-0.4, -0.2) is 5.11 Å². The quantitative estimate of drug-likeness (QED) is 0.879. The molecule has 0 aliphatic carbocycles. The molecule has 1 N–H and O–H groups in total. The van der Waals surface area contributed by atoms with Crippen LogP contribution in [0.4, 0.5) is 0 Å². The van der Waals surface area contributed by atoms with Crippen molar-refractivity contribution in [3.8, 4) is 11.8 Å². The molecule has 74 valence electrons. The average molecular weight is 254 g/mol. The van der Waals surface area contributed by atoms with Crippen LogP contribution in [0, 0.1) is 11.3 Å². The van der Waals surface area contributed by atoms with Crippen LogP contribution in [0.1, 0.15) is 25.8 Å². The lowest BCUT2D eigenvalue weighted by Gasteiger charge is -2.20. The molecule has 0 aliphatic rings. The molecule has 0 amide bonds. The van der Waals surface area contributed by atoms with Crippen molar-refractivity contribution >= 4 is 15.9 Å². The van der Waals surface area contributed by atoms with Gasteiger partial charge in [-0.1, -0.05) is 13.0 Å². The highest BCUT2D eigenvalue weighted by atomic mass is 79.9. The Morgan fingerprint density at radius 3 is 2.64 bits per heavy atom. The standard InChI is InChI=1S/C11H12BrNO/c1-3-11(2,7-13)8-4-5-10(14)9(12)6-8/h4-6,14H,3H2,1-2H3. The molecule has 0 bridgehead atoms. The van der Waals surface area contributed by atoms with Crippen LogP contribution in [0.25, 0.3) is 0 Å². The number of rotatable bonds is 2. The third-order valence-corrected chi connectivity index (χ3v) is 3.17. The zero-order chi connectivity index (χ0) is 10.8. The molecule has 0 saturated heterocycles. The van der Waals surface area contributed by atoms with Gasteiger partial charge in [0.2, 0.25) is 0 Å². The Bertz CT molecular complexity index is 383. The van der Waals surface area contributed by atoms with Gasteiger partial charge >= 0.3 is 0 Å². The van der Waals surface area contributed by atoms with Crippen molar-refractivity contribution in [2.45, 2.75) is 25.7 Å². The summed E-state index contributed by atoms with van der Waals surface area (Å²) in [4.78, 5) is 0. The van der Waals surface area contributed by atoms with E-state index in [1.54, 1.807) is 18.2 Å². The first-order chi connectivity index (χ1) is 6.53. The molecule has 1 rings (SSSR count). The molecule has 14 heavy (non-hydrogen) atoms. The predicted octanol–water partition coefficient (Wildman–Crippen LogP) is 3.35. The van der Waals surface area contributed by atoms with Gasteiger partial charge in [0.05, 0.1) is 16.0 Å². The van der Waals surface area contributed by atoms with E-state index in [-0.39, 0.29) is 5.75 Å². The van der Waals surface area contributed by atoms with E-state index in [2.05, 4.69) is 22.0 Å². The first kappa shape index (κ1) is 11.1. The summed E-state index contributed by atoms with van der Waals surface area (Å²) in [7, 11) is 0. The number of nitriles is 1. The highest BCUT2D eigenvalue weighted by Gasteiger charge is 2.24. The van der Waals surface area contributed by atoms with Crippen molar-refractivity contribution in [2.75, 3.05) is 0 Å². The first-order valence-electron chi connectivity index (χ1n) is 4.43. The second-order valence-electron chi connectivity index (χ2n) is 3.46. The number of hydrogen-bond donors (Lipinski definition) is 1. The summed E-state index contributed by atoms with van der Waals surface area (Å²) in [5, 5.41) is 18.4. The van der Waals surface area contributed by atoms with Crippen LogP contribution >= 0.6 is 15.9 Å². The maximum Gasteiger partial charge on any atom is 0.129 e. The molecule has 0 heterocycles. The number of phenols is 1. The van der Waals surface area contributed by atoms with E-state index in [9.17, 15) is 5.11 Å². The molecular formula is C11H12BrNO. The van der Waals surface area contributed by atoms with Gasteiger partial charge in [0.1, 0.15) is 5.75 Å². The minimum atomic E-state index is -0.476. The summed E-state index contributed by atoms with van der Waals surface area (Å²) in [6.07, 6.45) is 0.751. The molecule has 0 aromatic heterocycles. The van der Waals surface area contributed by atoms with Crippen LogP contribution in [0.2, 0.25) is 0 Å². The van der Waals surface area contributed by atoms with Gasteiger partial charge in [0.15, 0.2) is 0 Å². The number of nitrogens with zero attached hydrogens (tertiary/aromatic N) is 1. The van der Waals surface area contributed by atoms with Gasteiger partial charge in [0, 0.05) is 0 Å². The third kappa shape index (κ3) is 1.91. The number of phenolic OH excluding ortho intramolecular Hbond substituents is 1. The van der Waals surface area contributed by atoms with Crippen molar-refractivity contribution in [3.05, 3.63) is 28.2 Å². The van der Waals surface area contributed by atoms with E-state index in [4.69, 9.17) is 5.26 Å². The molecule has 0 spiro atoms. The second kappa shape index (κ2) is 4.02. The zero-order valence-electron chi connectivity index (χ0n) is 8.21. The highest BCUT2D eigenvalue weighted by Crippen LogP contribution is 2.32. The molecule has 2 nitrogen and oxygen atoms in total. The van der Waals surface area contributed by atoms with Crippen molar-refractivity contribution in [2.24, 2.45) is 0 Å². The molecular weight excluding hydrogens is 242 g/mol. The van der Waals surface area contributed by atoms with Gasteiger partial charge in [-0.15, -0.1) is 0 Å². The fourth-order valence-electron chi connectivity index (χ4n) is 1.20. The van der Waals surface area contributed by atoms with Crippen LogP contribution < -0.4 is 0 Å². The summed E-state index contributed by atoms with van der Waals surface area (Å²) in [6.45, 7) is 3.87. The smallest absolute Gasteiger partial charge is 0.129 e. The first-order valence-corrected chi connectivity index (χ1v) is 5.23. The Morgan fingerprint density at radius 2 is 2.21 bits per heavy atom.